The summed E-state index contributed by atoms with van der Waals surface area (Å²) in [6.45, 7) is 2.68. The molecule has 19 heavy (non-hydrogen) atoms. The summed E-state index contributed by atoms with van der Waals surface area (Å²) in [6.07, 6.45) is 7.02. The van der Waals surface area contributed by atoms with Crippen LogP contribution < -0.4 is 10.5 Å². The number of aromatic nitrogens is 1. The third kappa shape index (κ3) is 4.07. The number of benzene rings is 1. The fourth-order valence-electron chi connectivity index (χ4n) is 1.87. The molecule has 0 amide bonds. The minimum absolute atomic E-state index is 0.472. The number of aryl methyl sites for hydroxylation is 1. The van der Waals surface area contributed by atoms with E-state index in [0.29, 0.717) is 6.54 Å². The number of unbranched alkanes of at least 4 members (excludes halogenated alkanes) is 1. The number of pyridine rings is 1. The maximum absolute atomic E-state index is 5.76. The molecule has 3 nitrogen and oxygen atoms in total. The molecule has 1 aromatic carbocycles. The van der Waals surface area contributed by atoms with Gasteiger partial charge in [-0.3, -0.25) is 4.98 Å². The first-order valence-corrected chi connectivity index (χ1v) is 6.72. The average molecular weight is 256 g/mol. The van der Waals surface area contributed by atoms with Gasteiger partial charge in [0.25, 0.3) is 0 Å². The van der Waals surface area contributed by atoms with Crippen molar-refractivity contribution in [1.82, 2.24) is 4.98 Å². The maximum atomic E-state index is 5.76. The van der Waals surface area contributed by atoms with Gasteiger partial charge in [0.05, 0.1) is 6.20 Å². The van der Waals surface area contributed by atoms with E-state index < -0.39 is 0 Å². The quantitative estimate of drug-likeness (QED) is 0.857. The molecular weight excluding hydrogens is 236 g/mol. The van der Waals surface area contributed by atoms with Gasteiger partial charge in [-0.1, -0.05) is 25.5 Å². The number of rotatable bonds is 6. The Hall–Kier alpha value is -1.87. The highest BCUT2D eigenvalue weighted by atomic mass is 16.5. The Labute approximate surface area is 114 Å². The number of nitrogens with two attached hydrogens (primary N) is 1. The number of hydrogen-bond acceptors (Lipinski definition) is 3. The van der Waals surface area contributed by atoms with Crippen molar-refractivity contribution in [2.45, 2.75) is 32.7 Å². The van der Waals surface area contributed by atoms with Crippen LogP contribution in [0.15, 0.2) is 42.7 Å². The van der Waals surface area contributed by atoms with E-state index in [9.17, 15) is 0 Å². The lowest BCUT2D eigenvalue weighted by molar-refractivity contribution is 0.479. The van der Waals surface area contributed by atoms with Gasteiger partial charge in [-0.2, -0.15) is 0 Å². The van der Waals surface area contributed by atoms with E-state index >= 15 is 0 Å². The summed E-state index contributed by atoms with van der Waals surface area (Å²) in [7, 11) is 0. The smallest absolute Gasteiger partial charge is 0.146 e. The molecule has 1 aromatic heterocycles. The van der Waals surface area contributed by atoms with Crippen LogP contribution in [-0.4, -0.2) is 4.98 Å². The molecule has 0 aliphatic carbocycles. The maximum Gasteiger partial charge on any atom is 0.146 e. The van der Waals surface area contributed by atoms with Crippen molar-refractivity contribution >= 4 is 0 Å². The summed E-state index contributed by atoms with van der Waals surface area (Å²) in [4.78, 5) is 4.10. The monoisotopic (exact) mass is 256 g/mol. The van der Waals surface area contributed by atoms with E-state index in [1.807, 2.05) is 18.2 Å². The van der Waals surface area contributed by atoms with Gasteiger partial charge >= 0.3 is 0 Å². The zero-order valence-corrected chi connectivity index (χ0v) is 11.3. The van der Waals surface area contributed by atoms with Gasteiger partial charge in [-0.25, -0.2) is 0 Å². The van der Waals surface area contributed by atoms with E-state index in [2.05, 4.69) is 24.0 Å². The Kier molecular flexibility index (Phi) is 4.93. The van der Waals surface area contributed by atoms with Gasteiger partial charge in [0.15, 0.2) is 0 Å². The minimum Gasteiger partial charge on any atom is -0.456 e. The molecule has 0 fully saturated rings. The zero-order chi connectivity index (χ0) is 13.5. The summed E-state index contributed by atoms with van der Waals surface area (Å²) < 4.78 is 5.76. The second-order valence-corrected chi connectivity index (χ2v) is 4.58. The van der Waals surface area contributed by atoms with Crippen LogP contribution in [0, 0.1) is 0 Å². The summed E-state index contributed by atoms with van der Waals surface area (Å²) in [5.41, 5.74) is 7.90. The first kappa shape index (κ1) is 13.6. The summed E-state index contributed by atoms with van der Waals surface area (Å²) in [5.74, 6) is 1.56. The van der Waals surface area contributed by atoms with Crippen LogP contribution >= 0.6 is 0 Å². The molecule has 2 N–H and O–H groups in total. The van der Waals surface area contributed by atoms with Crippen molar-refractivity contribution < 1.29 is 4.74 Å². The second kappa shape index (κ2) is 6.90. The molecule has 0 aliphatic rings. The SMILES string of the molecule is CCCCc1ccc(Oc2cncc(CN)c2)cc1. The molecule has 100 valence electrons. The topological polar surface area (TPSA) is 48.1 Å². The number of nitrogens with zero attached hydrogens (tertiary/aromatic N) is 1. The lowest BCUT2D eigenvalue weighted by Gasteiger charge is -2.07. The zero-order valence-electron chi connectivity index (χ0n) is 11.3. The predicted molar refractivity (Wildman–Crippen MR) is 77.3 cm³/mol. The third-order valence-corrected chi connectivity index (χ3v) is 2.98. The lowest BCUT2D eigenvalue weighted by Crippen LogP contribution is -1.97. The molecule has 0 bridgehead atoms. The lowest BCUT2D eigenvalue weighted by atomic mass is 10.1. The van der Waals surface area contributed by atoms with Crippen LogP contribution in [0.3, 0.4) is 0 Å². The Bertz CT molecular complexity index is 508. The molecule has 0 atom stereocenters. The number of ether oxygens (including phenoxy) is 1. The van der Waals surface area contributed by atoms with E-state index in [1.165, 1.54) is 18.4 Å². The molecule has 1 heterocycles. The minimum atomic E-state index is 0.472. The van der Waals surface area contributed by atoms with Crippen molar-refractivity contribution in [1.29, 1.82) is 0 Å². The summed E-state index contributed by atoms with van der Waals surface area (Å²) in [5, 5.41) is 0. The van der Waals surface area contributed by atoms with Gasteiger partial charge in [0.2, 0.25) is 0 Å². The van der Waals surface area contributed by atoms with Crippen LogP contribution in [0.1, 0.15) is 30.9 Å². The van der Waals surface area contributed by atoms with E-state index in [4.69, 9.17) is 10.5 Å². The highest BCUT2D eigenvalue weighted by Gasteiger charge is 2.00. The van der Waals surface area contributed by atoms with Crippen LogP contribution in [0.25, 0.3) is 0 Å². The van der Waals surface area contributed by atoms with Crippen molar-refractivity contribution in [2.75, 3.05) is 0 Å². The first-order valence-electron chi connectivity index (χ1n) is 6.72. The summed E-state index contributed by atoms with van der Waals surface area (Å²) >= 11 is 0. The molecule has 0 saturated carbocycles. The van der Waals surface area contributed by atoms with Crippen molar-refractivity contribution in [3.63, 3.8) is 0 Å². The summed E-state index contributed by atoms with van der Waals surface area (Å²) in [6, 6.07) is 10.1. The molecule has 0 saturated heterocycles. The standard InChI is InChI=1S/C16H20N2O/c1-2-3-4-13-5-7-15(8-6-13)19-16-9-14(10-17)11-18-12-16/h5-9,11-12H,2-4,10,17H2,1H3. The fourth-order valence-corrected chi connectivity index (χ4v) is 1.87. The van der Waals surface area contributed by atoms with Gasteiger partial charge in [-0.15, -0.1) is 0 Å². The van der Waals surface area contributed by atoms with E-state index in [0.717, 1.165) is 23.5 Å². The Morgan fingerprint density at radius 1 is 1.05 bits per heavy atom. The van der Waals surface area contributed by atoms with Crippen molar-refractivity contribution in [3.05, 3.63) is 53.9 Å². The van der Waals surface area contributed by atoms with E-state index in [-0.39, 0.29) is 0 Å². The molecule has 2 aromatic rings. The Balaban J connectivity index is 2.02. The predicted octanol–water partition coefficient (Wildman–Crippen LogP) is 3.68. The van der Waals surface area contributed by atoms with Crippen LogP contribution in [0.2, 0.25) is 0 Å². The normalized spacial score (nSPS) is 10.4. The highest BCUT2D eigenvalue weighted by molar-refractivity contribution is 5.33. The molecule has 0 unspecified atom stereocenters. The number of hydrogen-bond donors (Lipinski definition) is 1. The van der Waals surface area contributed by atoms with Gasteiger partial charge in [0.1, 0.15) is 11.5 Å². The third-order valence-electron chi connectivity index (χ3n) is 2.98. The van der Waals surface area contributed by atoms with Gasteiger partial charge in [-0.05, 0) is 42.2 Å². The molecular formula is C16H20N2O. The first-order chi connectivity index (χ1) is 9.31. The Morgan fingerprint density at radius 3 is 2.53 bits per heavy atom. The molecule has 0 spiro atoms. The van der Waals surface area contributed by atoms with Crippen LogP contribution in [0.5, 0.6) is 11.5 Å². The molecule has 0 radical (unpaired) electrons. The molecule has 3 heteroatoms. The van der Waals surface area contributed by atoms with Crippen molar-refractivity contribution in [3.8, 4) is 11.5 Å². The Morgan fingerprint density at radius 2 is 1.84 bits per heavy atom. The van der Waals surface area contributed by atoms with Gasteiger partial charge in [0, 0.05) is 12.7 Å². The van der Waals surface area contributed by atoms with Gasteiger partial charge < -0.3 is 10.5 Å². The fraction of sp³-hybridized carbons (Fsp3) is 0.312. The second-order valence-electron chi connectivity index (χ2n) is 4.58. The largest absolute Gasteiger partial charge is 0.456 e. The van der Waals surface area contributed by atoms with E-state index in [1.54, 1.807) is 12.4 Å². The molecule has 0 aliphatic heterocycles. The van der Waals surface area contributed by atoms with Crippen LogP contribution in [0.4, 0.5) is 0 Å². The van der Waals surface area contributed by atoms with Crippen LogP contribution in [-0.2, 0) is 13.0 Å². The van der Waals surface area contributed by atoms with Crippen molar-refractivity contribution in [2.24, 2.45) is 5.73 Å². The highest BCUT2D eigenvalue weighted by Crippen LogP contribution is 2.22. The average Bonchev–Trinajstić information content (AvgIpc) is 2.47. The molecule has 2 rings (SSSR count).